The number of ether oxygens (including phenoxy) is 1. The minimum Gasteiger partial charge on any atom is -0.493 e. The van der Waals surface area contributed by atoms with E-state index in [1.807, 2.05) is 6.92 Å². The molecule has 0 spiro atoms. The summed E-state index contributed by atoms with van der Waals surface area (Å²) < 4.78 is 5.70. The van der Waals surface area contributed by atoms with Crippen molar-refractivity contribution in [2.24, 2.45) is 5.16 Å². The zero-order valence-corrected chi connectivity index (χ0v) is 13.1. The first kappa shape index (κ1) is 16.1. The van der Waals surface area contributed by atoms with Gasteiger partial charge in [-0.15, -0.1) is 0 Å². The number of rotatable bonds is 4. The molecule has 1 aromatic rings. The molecule has 0 aliphatic carbocycles. The van der Waals surface area contributed by atoms with Crippen molar-refractivity contribution in [3.05, 3.63) is 27.8 Å². The summed E-state index contributed by atoms with van der Waals surface area (Å²) in [5.74, 6) is 0.165. The highest BCUT2D eigenvalue weighted by molar-refractivity contribution is 6.32. The van der Waals surface area contributed by atoms with Crippen molar-refractivity contribution in [2.75, 3.05) is 13.2 Å². The Kier molecular flexibility index (Phi) is 4.88. The average molecular weight is 322 g/mol. The molecule has 1 unspecified atom stereocenters. The van der Waals surface area contributed by atoms with Crippen molar-refractivity contribution in [3.63, 3.8) is 0 Å². The second-order valence-electron chi connectivity index (χ2n) is 4.96. The number of hydrogen-bond acceptors (Lipinski definition) is 5. The van der Waals surface area contributed by atoms with Crippen molar-refractivity contribution in [1.82, 2.24) is 5.32 Å². The largest absolute Gasteiger partial charge is 0.493 e. The Morgan fingerprint density at radius 1 is 1.68 bits per heavy atom. The Morgan fingerprint density at radius 3 is 2.91 bits per heavy atom. The smallest absolute Gasteiger partial charge is 0.220 e. The number of carbonyl (C=O) groups is 1. The third-order valence-electron chi connectivity index (χ3n) is 3.59. The van der Waals surface area contributed by atoms with Crippen LogP contribution in [0.2, 0.25) is 5.02 Å². The zero-order valence-electron chi connectivity index (χ0n) is 12.3. The third-order valence-corrected chi connectivity index (χ3v) is 3.89. The standard InChI is InChI=1S/C15H16ClN3O3/c1-3-22-15-10(8(2)19-21)5-12(16)11(6-17)14(15)9-4-13(20)18-7-9/h5,9,21H,3-4,7H2,1-2H3,(H,18,20)/b19-8+. The fourth-order valence-corrected chi connectivity index (χ4v) is 2.84. The lowest BCUT2D eigenvalue weighted by molar-refractivity contribution is -0.119. The van der Waals surface area contributed by atoms with Gasteiger partial charge in [-0.1, -0.05) is 16.8 Å². The van der Waals surface area contributed by atoms with E-state index in [0.717, 1.165) is 0 Å². The maximum Gasteiger partial charge on any atom is 0.220 e. The molecule has 116 valence electrons. The average Bonchev–Trinajstić information content (AvgIpc) is 2.93. The van der Waals surface area contributed by atoms with E-state index in [1.165, 1.54) is 0 Å². The summed E-state index contributed by atoms with van der Waals surface area (Å²) in [5, 5.41) is 24.7. The van der Waals surface area contributed by atoms with Crippen LogP contribution in [0.3, 0.4) is 0 Å². The van der Waals surface area contributed by atoms with Gasteiger partial charge in [-0.3, -0.25) is 4.79 Å². The van der Waals surface area contributed by atoms with Crippen molar-refractivity contribution in [3.8, 4) is 11.8 Å². The van der Waals surface area contributed by atoms with Crippen LogP contribution in [0.25, 0.3) is 0 Å². The van der Waals surface area contributed by atoms with E-state index >= 15 is 0 Å². The quantitative estimate of drug-likeness (QED) is 0.506. The summed E-state index contributed by atoms with van der Waals surface area (Å²) in [6.07, 6.45) is 0.268. The van der Waals surface area contributed by atoms with Crippen LogP contribution in [0, 0.1) is 11.3 Å². The number of nitrogens with zero attached hydrogens (tertiary/aromatic N) is 2. The first-order valence-corrected chi connectivity index (χ1v) is 7.26. The molecule has 1 aliphatic rings. The lowest BCUT2D eigenvalue weighted by Gasteiger charge is -2.20. The first-order chi connectivity index (χ1) is 10.5. The highest BCUT2D eigenvalue weighted by Crippen LogP contribution is 2.40. The fraction of sp³-hybridized carbons (Fsp3) is 0.400. The number of oxime groups is 1. The lowest BCUT2D eigenvalue weighted by Crippen LogP contribution is -2.15. The Hall–Kier alpha value is -2.26. The van der Waals surface area contributed by atoms with Crippen LogP contribution < -0.4 is 10.1 Å². The van der Waals surface area contributed by atoms with Crippen LogP contribution in [-0.4, -0.2) is 30.0 Å². The molecule has 0 radical (unpaired) electrons. The van der Waals surface area contributed by atoms with E-state index in [1.54, 1.807) is 13.0 Å². The molecule has 1 fully saturated rings. The van der Waals surface area contributed by atoms with Gasteiger partial charge in [-0.2, -0.15) is 5.26 Å². The molecule has 0 bridgehead atoms. The van der Waals surface area contributed by atoms with Gasteiger partial charge >= 0.3 is 0 Å². The van der Waals surface area contributed by atoms with Gasteiger partial charge in [-0.25, -0.2) is 0 Å². The molecule has 1 aromatic carbocycles. The molecule has 2 rings (SSSR count). The Balaban J connectivity index is 2.73. The molecule has 1 saturated heterocycles. The summed E-state index contributed by atoms with van der Waals surface area (Å²) in [6.45, 7) is 4.22. The van der Waals surface area contributed by atoms with Crippen molar-refractivity contribution >= 4 is 23.2 Å². The molecule has 0 saturated carbocycles. The summed E-state index contributed by atoms with van der Waals surface area (Å²) in [7, 11) is 0. The number of halogens is 1. The maximum absolute atomic E-state index is 11.5. The first-order valence-electron chi connectivity index (χ1n) is 6.88. The Bertz CT molecular complexity index is 680. The second kappa shape index (κ2) is 6.67. The van der Waals surface area contributed by atoms with E-state index in [-0.39, 0.29) is 23.3 Å². The number of nitrogens with one attached hydrogen (secondary N) is 1. The third kappa shape index (κ3) is 2.85. The van der Waals surface area contributed by atoms with Gasteiger partial charge < -0.3 is 15.3 Å². The van der Waals surface area contributed by atoms with E-state index < -0.39 is 0 Å². The van der Waals surface area contributed by atoms with Crippen LogP contribution in [0.5, 0.6) is 5.75 Å². The van der Waals surface area contributed by atoms with Gasteiger partial charge in [0.15, 0.2) is 0 Å². The maximum atomic E-state index is 11.5. The van der Waals surface area contributed by atoms with Crippen LogP contribution in [0.4, 0.5) is 0 Å². The highest BCUT2D eigenvalue weighted by Gasteiger charge is 2.31. The number of nitriles is 1. The molecule has 1 amide bonds. The highest BCUT2D eigenvalue weighted by atomic mass is 35.5. The second-order valence-corrected chi connectivity index (χ2v) is 5.37. The van der Waals surface area contributed by atoms with Crippen LogP contribution >= 0.6 is 11.6 Å². The Labute approximate surface area is 133 Å². The topological polar surface area (TPSA) is 94.7 Å². The lowest BCUT2D eigenvalue weighted by atomic mass is 9.89. The summed E-state index contributed by atoms with van der Waals surface area (Å²) in [6, 6.07) is 3.63. The summed E-state index contributed by atoms with van der Waals surface area (Å²) in [4.78, 5) is 11.5. The van der Waals surface area contributed by atoms with E-state index in [2.05, 4.69) is 16.5 Å². The summed E-state index contributed by atoms with van der Waals surface area (Å²) in [5.41, 5.74) is 1.73. The van der Waals surface area contributed by atoms with Gasteiger partial charge in [-0.05, 0) is 19.9 Å². The van der Waals surface area contributed by atoms with E-state index in [0.29, 0.717) is 41.3 Å². The van der Waals surface area contributed by atoms with Crippen molar-refractivity contribution in [2.45, 2.75) is 26.2 Å². The number of benzene rings is 1. The van der Waals surface area contributed by atoms with Gasteiger partial charge in [0.1, 0.15) is 11.8 Å². The molecule has 1 heterocycles. The van der Waals surface area contributed by atoms with Crippen molar-refractivity contribution in [1.29, 1.82) is 5.26 Å². The molecule has 7 heteroatoms. The minimum absolute atomic E-state index is 0.0783. The van der Waals surface area contributed by atoms with Crippen LogP contribution in [0.1, 0.15) is 42.9 Å². The predicted molar refractivity (Wildman–Crippen MR) is 81.7 cm³/mol. The number of carbonyl (C=O) groups excluding carboxylic acids is 1. The summed E-state index contributed by atoms with van der Waals surface area (Å²) >= 11 is 6.20. The van der Waals surface area contributed by atoms with Crippen LogP contribution in [0.15, 0.2) is 11.2 Å². The van der Waals surface area contributed by atoms with Gasteiger partial charge in [0.05, 0.1) is 22.9 Å². The molecule has 6 nitrogen and oxygen atoms in total. The molecular weight excluding hydrogens is 306 g/mol. The van der Waals surface area contributed by atoms with Gasteiger partial charge in [0.25, 0.3) is 0 Å². The minimum atomic E-state index is -0.201. The normalized spacial score (nSPS) is 18.0. The van der Waals surface area contributed by atoms with Gasteiger partial charge in [0.2, 0.25) is 5.91 Å². The SMILES string of the molecule is CCOc1c(/C(C)=N/O)cc(Cl)c(C#N)c1C1CNC(=O)C1. The predicted octanol–water partition coefficient (Wildman–Crippen LogP) is 2.41. The van der Waals surface area contributed by atoms with Crippen molar-refractivity contribution < 1.29 is 14.7 Å². The molecule has 22 heavy (non-hydrogen) atoms. The zero-order chi connectivity index (χ0) is 16.3. The molecule has 0 aromatic heterocycles. The monoisotopic (exact) mass is 321 g/mol. The van der Waals surface area contributed by atoms with Gasteiger partial charge in [0, 0.05) is 30.0 Å². The molecular formula is C15H16ClN3O3. The Morgan fingerprint density at radius 2 is 2.41 bits per heavy atom. The molecule has 1 aliphatic heterocycles. The number of amides is 1. The van der Waals surface area contributed by atoms with E-state index in [4.69, 9.17) is 21.5 Å². The van der Waals surface area contributed by atoms with Crippen LogP contribution in [-0.2, 0) is 4.79 Å². The molecule has 1 atom stereocenters. The van der Waals surface area contributed by atoms with E-state index in [9.17, 15) is 10.1 Å². The molecule has 2 N–H and O–H groups in total. The number of hydrogen-bond donors (Lipinski definition) is 2. The fourth-order valence-electron chi connectivity index (χ4n) is 2.59.